The van der Waals surface area contributed by atoms with E-state index in [4.69, 9.17) is 10.5 Å². The standard InChI is InChI=1S/C25H21F3N4O2S/c26-25(27,28)19-11-5-6-12-20(19)32-23(30-31-24(32)35-15-14-22(29)33)16-34-21-13-7-4-10-18(21)17-8-2-1-3-9-17/h1-13H,14-16H2,(H2,29,33). The molecule has 0 bridgehead atoms. The highest BCUT2D eigenvalue weighted by atomic mass is 32.2. The summed E-state index contributed by atoms with van der Waals surface area (Å²) in [7, 11) is 0. The van der Waals surface area contributed by atoms with Crippen molar-refractivity contribution >= 4 is 17.7 Å². The summed E-state index contributed by atoms with van der Waals surface area (Å²) in [5.74, 6) is 0.478. The van der Waals surface area contributed by atoms with Crippen molar-refractivity contribution in [2.75, 3.05) is 5.75 Å². The molecule has 0 aliphatic heterocycles. The highest BCUT2D eigenvalue weighted by Crippen LogP contribution is 2.36. The molecule has 0 unspecified atom stereocenters. The van der Waals surface area contributed by atoms with Gasteiger partial charge in [0.15, 0.2) is 11.0 Å². The lowest BCUT2D eigenvalue weighted by Crippen LogP contribution is -2.14. The van der Waals surface area contributed by atoms with Crippen molar-refractivity contribution in [1.29, 1.82) is 0 Å². The van der Waals surface area contributed by atoms with E-state index in [0.717, 1.165) is 29.0 Å². The second kappa shape index (κ2) is 10.6. The summed E-state index contributed by atoms with van der Waals surface area (Å²) in [5.41, 5.74) is 6.03. The van der Waals surface area contributed by atoms with Crippen LogP contribution >= 0.6 is 11.8 Å². The van der Waals surface area contributed by atoms with E-state index in [9.17, 15) is 18.0 Å². The van der Waals surface area contributed by atoms with Crippen LogP contribution in [0.1, 0.15) is 17.8 Å². The van der Waals surface area contributed by atoms with Crippen LogP contribution in [0.3, 0.4) is 0 Å². The maximum atomic E-state index is 13.8. The summed E-state index contributed by atoms with van der Waals surface area (Å²) in [6.45, 7) is -0.126. The number of amides is 1. The molecule has 6 nitrogen and oxygen atoms in total. The van der Waals surface area contributed by atoms with Crippen LogP contribution < -0.4 is 10.5 Å². The predicted octanol–water partition coefficient (Wildman–Crippen LogP) is 5.50. The summed E-state index contributed by atoms with van der Waals surface area (Å²) in [5, 5.41) is 8.40. The lowest BCUT2D eigenvalue weighted by Gasteiger charge is -2.17. The molecule has 1 amide bonds. The van der Waals surface area contributed by atoms with Crippen LogP contribution in [-0.4, -0.2) is 26.4 Å². The molecule has 0 fully saturated rings. The first-order valence-electron chi connectivity index (χ1n) is 10.6. The molecule has 1 heterocycles. The summed E-state index contributed by atoms with van der Waals surface area (Å²) in [6, 6.07) is 22.2. The summed E-state index contributed by atoms with van der Waals surface area (Å²) in [6.07, 6.45) is -4.54. The zero-order valence-corrected chi connectivity index (χ0v) is 19.2. The largest absolute Gasteiger partial charge is 0.485 e. The van der Waals surface area contributed by atoms with Crippen molar-refractivity contribution in [3.8, 4) is 22.6 Å². The summed E-state index contributed by atoms with van der Waals surface area (Å²) in [4.78, 5) is 11.1. The molecule has 3 aromatic carbocycles. The predicted molar refractivity (Wildman–Crippen MR) is 127 cm³/mol. The molecule has 0 saturated carbocycles. The quantitative estimate of drug-likeness (QED) is 0.308. The lowest BCUT2D eigenvalue weighted by atomic mass is 10.1. The molecule has 35 heavy (non-hydrogen) atoms. The first kappa shape index (κ1) is 24.3. The van der Waals surface area contributed by atoms with E-state index in [1.807, 2.05) is 48.5 Å². The van der Waals surface area contributed by atoms with E-state index in [-0.39, 0.29) is 35.4 Å². The molecule has 4 rings (SSSR count). The average molecular weight is 499 g/mol. The van der Waals surface area contributed by atoms with Crippen molar-refractivity contribution in [1.82, 2.24) is 14.8 Å². The van der Waals surface area contributed by atoms with Gasteiger partial charge in [-0.3, -0.25) is 9.36 Å². The average Bonchev–Trinajstić information content (AvgIpc) is 3.25. The minimum atomic E-state index is -4.59. The highest BCUT2D eigenvalue weighted by molar-refractivity contribution is 7.99. The van der Waals surface area contributed by atoms with E-state index in [2.05, 4.69) is 10.2 Å². The van der Waals surface area contributed by atoms with E-state index >= 15 is 0 Å². The fourth-order valence-electron chi connectivity index (χ4n) is 3.47. The Kier molecular flexibility index (Phi) is 7.40. The van der Waals surface area contributed by atoms with Crippen molar-refractivity contribution in [2.45, 2.75) is 24.4 Å². The monoisotopic (exact) mass is 498 g/mol. The maximum absolute atomic E-state index is 13.8. The number of rotatable bonds is 9. The molecule has 0 radical (unpaired) electrons. The van der Waals surface area contributed by atoms with E-state index < -0.39 is 17.6 Å². The van der Waals surface area contributed by atoms with E-state index in [0.29, 0.717) is 5.75 Å². The molecule has 2 N–H and O–H groups in total. The number of primary amides is 1. The van der Waals surface area contributed by atoms with Gasteiger partial charge in [0, 0.05) is 17.7 Å². The topological polar surface area (TPSA) is 83.0 Å². The molecule has 0 spiro atoms. The van der Waals surface area contributed by atoms with Gasteiger partial charge < -0.3 is 10.5 Å². The van der Waals surface area contributed by atoms with Gasteiger partial charge in [-0.15, -0.1) is 10.2 Å². The van der Waals surface area contributed by atoms with Crippen LogP contribution in [0.5, 0.6) is 5.75 Å². The smallest absolute Gasteiger partial charge is 0.418 e. The first-order chi connectivity index (χ1) is 16.8. The summed E-state index contributed by atoms with van der Waals surface area (Å²) >= 11 is 1.10. The van der Waals surface area contributed by atoms with Gasteiger partial charge in [-0.05, 0) is 23.8 Å². The number of hydrogen-bond donors (Lipinski definition) is 1. The minimum absolute atomic E-state index is 0.0503. The molecule has 180 valence electrons. The van der Waals surface area contributed by atoms with Crippen molar-refractivity contribution in [3.63, 3.8) is 0 Å². The Bertz CT molecular complexity index is 1310. The van der Waals surface area contributed by atoms with Crippen molar-refractivity contribution in [3.05, 3.63) is 90.3 Å². The van der Waals surface area contributed by atoms with Gasteiger partial charge in [-0.1, -0.05) is 72.4 Å². The fourth-order valence-corrected chi connectivity index (χ4v) is 4.39. The Balaban J connectivity index is 1.70. The van der Waals surface area contributed by atoms with Gasteiger partial charge in [-0.2, -0.15) is 13.2 Å². The Labute approximate surface area is 203 Å². The van der Waals surface area contributed by atoms with Gasteiger partial charge in [0.25, 0.3) is 0 Å². The normalized spacial score (nSPS) is 11.4. The first-order valence-corrected chi connectivity index (χ1v) is 11.6. The number of carbonyl (C=O) groups excluding carboxylic acids is 1. The van der Waals surface area contributed by atoms with Gasteiger partial charge in [0.05, 0.1) is 11.3 Å². The molecule has 0 saturated heterocycles. The Morgan fingerprint density at radius 3 is 2.37 bits per heavy atom. The number of alkyl halides is 3. The zero-order valence-electron chi connectivity index (χ0n) is 18.4. The number of halogens is 3. The lowest BCUT2D eigenvalue weighted by molar-refractivity contribution is -0.137. The maximum Gasteiger partial charge on any atom is 0.418 e. The number of aromatic nitrogens is 3. The van der Waals surface area contributed by atoms with Gasteiger partial charge >= 0.3 is 6.18 Å². The van der Waals surface area contributed by atoms with E-state index in [1.165, 1.54) is 22.8 Å². The Hall–Kier alpha value is -3.79. The third kappa shape index (κ3) is 5.83. The van der Waals surface area contributed by atoms with Gasteiger partial charge in [0.2, 0.25) is 5.91 Å². The van der Waals surface area contributed by atoms with Gasteiger partial charge in [-0.25, -0.2) is 0 Å². The number of nitrogens with zero attached hydrogens (tertiary/aromatic N) is 3. The van der Waals surface area contributed by atoms with Crippen molar-refractivity contribution in [2.24, 2.45) is 5.73 Å². The SMILES string of the molecule is NC(=O)CCSc1nnc(COc2ccccc2-c2ccccc2)n1-c1ccccc1C(F)(F)F. The summed E-state index contributed by atoms with van der Waals surface area (Å²) < 4.78 is 48.8. The molecule has 4 aromatic rings. The number of para-hydroxylation sites is 2. The Morgan fingerprint density at radius 1 is 0.943 bits per heavy atom. The molecule has 1 aromatic heterocycles. The van der Waals surface area contributed by atoms with E-state index in [1.54, 1.807) is 6.07 Å². The fraction of sp³-hybridized carbons (Fsp3) is 0.160. The second-order valence-electron chi connectivity index (χ2n) is 7.46. The number of hydrogen-bond acceptors (Lipinski definition) is 5. The van der Waals surface area contributed by atoms with Crippen LogP contribution in [0, 0.1) is 0 Å². The molecule has 10 heteroatoms. The molecule has 0 atom stereocenters. The third-order valence-corrected chi connectivity index (χ3v) is 5.99. The number of benzene rings is 3. The highest BCUT2D eigenvalue weighted by Gasteiger charge is 2.35. The third-order valence-electron chi connectivity index (χ3n) is 5.06. The van der Waals surface area contributed by atoms with Crippen LogP contribution in [0.4, 0.5) is 13.2 Å². The number of nitrogens with two attached hydrogens (primary N) is 1. The van der Waals surface area contributed by atoms with Crippen LogP contribution in [0.2, 0.25) is 0 Å². The molecular formula is C25H21F3N4O2S. The minimum Gasteiger partial charge on any atom is -0.485 e. The molecule has 0 aliphatic carbocycles. The van der Waals surface area contributed by atoms with Gasteiger partial charge in [0.1, 0.15) is 12.4 Å². The molecular weight excluding hydrogens is 477 g/mol. The van der Waals surface area contributed by atoms with Crippen LogP contribution in [0.15, 0.2) is 84.0 Å². The zero-order chi connectivity index (χ0) is 24.8. The van der Waals surface area contributed by atoms with Crippen LogP contribution in [-0.2, 0) is 17.6 Å². The number of thioether (sulfide) groups is 1. The number of carbonyl (C=O) groups is 1. The molecule has 0 aliphatic rings. The Morgan fingerprint density at radius 2 is 1.63 bits per heavy atom. The second-order valence-corrected chi connectivity index (χ2v) is 8.53. The van der Waals surface area contributed by atoms with Crippen LogP contribution in [0.25, 0.3) is 16.8 Å². The van der Waals surface area contributed by atoms with Crippen molar-refractivity contribution < 1.29 is 22.7 Å². The number of ether oxygens (including phenoxy) is 1.